The molecule has 0 aromatic rings. The number of fused-ring (bicyclic) bond motifs is 1. The number of carbonyl (C=O) groups is 2. The molecule has 4 fully saturated rings. The van der Waals surface area contributed by atoms with E-state index in [1.54, 1.807) is 0 Å². The molecule has 5 rings (SSSR count). The van der Waals surface area contributed by atoms with Crippen LogP contribution in [0.3, 0.4) is 0 Å². The van der Waals surface area contributed by atoms with Crippen LogP contribution in [0.5, 0.6) is 0 Å². The van der Waals surface area contributed by atoms with Crippen LogP contribution in [-0.2, 0) is 19.1 Å². The topological polar surface area (TPSA) is 113 Å². The van der Waals surface area contributed by atoms with Gasteiger partial charge in [0.25, 0.3) is 0 Å². The summed E-state index contributed by atoms with van der Waals surface area (Å²) in [6.45, 7) is 4.11. The smallest absolute Gasteiger partial charge is 0.331 e. The number of aliphatic hydroxyl groups is 3. The summed E-state index contributed by atoms with van der Waals surface area (Å²) in [4.78, 5) is 25.2. The molecule has 1 heterocycles. The first-order chi connectivity index (χ1) is 18.7. The third kappa shape index (κ3) is 4.99. The van der Waals surface area contributed by atoms with E-state index >= 15 is 0 Å². The number of rotatable bonds is 7. The normalized spacial score (nSPS) is 42.0. The minimum absolute atomic E-state index is 0.0836. The zero-order valence-corrected chi connectivity index (χ0v) is 24.0. The van der Waals surface area contributed by atoms with Gasteiger partial charge >= 0.3 is 11.9 Å². The Bertz CT molecular complexity index is 935. The zero-order valence-electron chi connectivity index (χ0n) is 24.0. The Morgan fingerprint density at radius 1 is 1.08 bits per heavy atom. The Labute approximate surface area is 233 Å². The maximum absolute atomic E-state index is 13.5. The van der Waals surface area contributed by atoms with E-state index in [2.05, 4.69) is 6.92 Å². The quantitative estimate of drug-likeness (QED) is 0.391. The highest BCUT2D eigenvalue weighted by Crippen LogP contribution is 2.67. The highest BCUT2D eigenvalue weighted by atomic mass is 16.5. The van der Waals surface area contributed by atoms with E-state index in [4.69, 9.17) is 9.47 Å². The molecule has 4 saturated carbocycles. The van der Waals surface area contributed by atoms with Gasteiger partial charge in [0.15, 0.2) is 0 Å². The standard InChI is InChI=1S/C32H50O7/c1-21-17-25(39-29(36)23-9-5-3-6-10-23)28-30(2,24-11-7-4-8-12-24)15-14-26(34)31(28,20-33)32(21,37)16-13-22-18-27(35)38-19-22/h18,21,23-26,28,33-34,37H,3-17,19-20H2,1-2H3. The summed E-state index contributed by atoms with van der Waals surface area (Å²) in [7, 11) is 0. The van der Waals surface area contributed by atoms with Crippen LogP contribution in [0.1, 0.15) is 110 Å². The third-order valence-electron chi connectivity index (χ3n) is 11.9. The molecule has 1 aliphatic heterocycles. The van der Waals surface area contributed by atoms with Gasteiger partial charge in [0, 0.05) is 12.0 Å². The second kappa shape index (κ2) is 11.4. The Morgan fingerprint density at radius 3 is 2.36 bits per heavy atom. The molecule has 0 radical (unpaired) electrons. The van der Waals surface area contributed by atoms with Crippen LogP contribution >= 0.6 is 0 Å². The Balaban J connectivity index is 1.54. The van der Waals surface area contributed by atoms with Crippen molar-refractivity contribution in [2.24, 2.45) is 34.5 Å². The van der Waals surface area contributed by atoms with Gasteiger partial charge in [-0.15, -0.1) is 0 Å². The first-order valence-corrected chi connectivity index (χ1v) is 15.7. The largest absolute Gasteiger partial charge is 0.462 e. The second-order valence-electron chi connectivity index (χ2n) is 13.9. The van der Waals surface area contributed by atoms with Gasteiger partial charge in [0.1, 0.15) is 12.7 Å². The summed E-state index contributed by atoms with van der Waals surface area (Å²) in [5, 5.41) is 35.8. The van der Waals surface area contributed by atoms with Gasteiger partial charge in [-0.1, -0.05) is 52.4 Å². The van der Waals surface area contributed by atoms with Crippen LogP contribution in [0.4, 0.5) is 0 Å². The number of esters is 2. The van der Waals surface area contributed by atoms with Crippen molar-refractivity contribution < 1.29 is 34.4 Å². The molecule has 7 atom stereocenters. The van der Waals surface area contributed by atoms with Crippen LogP contribution in [0, 0.1) is 34.5 Å². The Morgan fingerprint density at radius 2 is 1.74 bits per heavy atom. The van der Waals surface area contributed by atoms with Gasteiger partial charge in [-0.2, -0.15) is 0 Å². The van der Waals surface area contributed by atoms with Crippen LogP contribution in [0.25, 0.3) is 0 Å². The molecule has 220 valence electrons. The highest BCUT2D eigenvalue weighted by molar-refractivity contribution is 5.85. The molecule has 7 heteroatoms. The molecule has 0 bridgehead atoms. The lowest BCUT2D eigenvalue weighted by Gasteiger charge is -2.68. The van der Waals surface area contributed by atoms with Crippen molar-refractivity contribution in [3.63, 3.8) is 0 Å². The Hall–Kier alpha value is -1.44. The van der Waals surface area contributed by atoms with E-state index in [1.165, 1.54) is 12.5 Å². The van der Waals surface area contributed by atoms with Gasteiger partial charge in [-0.05, 0) is 80.6 Å². The van der Waals surface area contributed by atoms with Crippen molar-refractivity contribution in [1.29, 1.82) is 0 Å². The fraction of sp³-hybridized carbons (Fsp3) is 0.875. The molecule has 39 heavy (non-hydrogen) atoms. The molecule has 0 spiro atoms. The van der Waals surface area contributed by atoms with E-state index in [0.29, 0.717) is 31.6 Å². The lowest BCUT2D eigenvalue weighted by Crippen LogP contribution is -2.74. The molecule has 0 saturated heterocycles. The van der Waals surface area contributed by atoms with Crippen LogP contribution in [0.15, 0.2) is 11.6 Å². The molecule has 5 aliphatic rings. The SMILES string of the molecule is CC1CC(OC(=O)C2CCCCC2)C2C(C)(C3CCCCC3)CCC(O)C2(CO)C1(O)CCC1=CC(=O)OC1. The molecule has 4 aliphatic carbocycles. The van der Waals surface area contributed by atoms with Gasteiger partial charge in [-0.3, -0.25) is 4.79 Å². The van der Waals surface area contributed by atoms with Crippen molar-refractivity contribution in [2.75, 3.05) is 13.2 Å². The summed E-state index contributed by atoms with van der Waals surface area (Å²) in [5.41, 5.74) is -2.06. The minimum atomic E-state index is -1.39. The number of hydrogen-bond donors (Lipinski definition) is 3. The molecule has 3 N–H and O–H groups in total. The maximum Gasteiger partial charge on any atom is 0.331 e. The monoisotopic (exact) mass is 546 g/mol. The van der Waals surface area contributed by atoms with Gasteiger partial charge < -0.3 is 24.8 Å². The lowest BCUT2D eigenvalue weighted by atomic mass is 9.39. The summed E-state index contributed by atoms with van der Waals surface area (Å²) < 4.78 is 11.6. The lowest BCUT2D eigenvalue weighted by molar-refractivity contribution is -0.308. The van der Waals surface area contributed by atoms with Gasteiger partial charge in [0.05, 0.1) is 29.6 Å². The minimum Gasteiger partial charge on any atom is -0.462 e. The van der Waals surface area contributed by atoms with Crippen molar-refractivity contribution in [3.8, 4) is 0 Å². The van der Waals surface area contributed by atoms with Crippen LogP contribution < -0.4 is 0 Å². The third-order valence-corrected chi connectivity index (χ3v) is 11.9. The first kappa shape index (κ1) is 29.1. The van der Waals surface area contributed by atoms with Crippen molar-refractivity contribution in [2.45, 2.75) is 128 Å². The van der Waals surface area contributed by atoms with Crippen molar-refractivity contribution in [1.82, 2.24) is 0 Å². The summed E-state index contributed by atoms with van der Waals surface area (Å²) in [5.74, 6) is -0.854. The number of carbonyl (C=O) groups excluding carboxylic acids is 2. The summed E-state index contributed by atoms with van der Waals surface area (Å²) in [6.07, 6.45) is 13.4. The average molecular weight is 547 g/mol. The molecule has 0 aromatic heterocycles. The van der Waals surface area contributed by atoms with Crippen LogP contribution in [-0.4, -0.2) is 58.3 Å². The average Bonchev–Trinajstić information content (AvgIpc) is 3.37. The predicted molar refractivity (Wildman–Crippen MR) is 146 cm³/mol. The molecular formula is C32H50O7. The molecular weight excluding hydrogens is 496 g/mol. The van der Waals surface area contributed by atoms with Gasteiger partial charge in [-0.25, -0.2) is 4.79 Å². The van der Waals surface area contributed by atoms with E-state index in [-0.39, 0.29) is 48.3 Å². The fourth-order valence-corrected chi connectivity index (χ4v) is 9.76. The highest BCUT2D eigenvalue weighted by Gasteiger charge is 2.72. The van der Waals surface area contributed by atoms with Crippen molar-refractivity contribution in [3.05, 3.63) is 11.6 Å². The predicted octanol–water partition coefficient (Wildman–Crippen LogP) is 4.85. The second-order valence-corrected chi connectivity index (χ2v) is 13.9. The molecule has 7 nitrogen and oxygen atoms in total. The number of cyclic esters (lactones) is 1. The number of aliphatic hydroxyl groups excluding tert-OH is 2. The fourth-order valence-electron chi connectivity index (χ4n) is 9.76. The zero-order chi connectivity index (χ0) is 27.8. The molecule has 0 amide bonds. The number of hydrogen-bond acceptors (Lipinski definition) is 7. The van der Waals surface area contributed by atoms with E-state index in [0.717, 1.165) is 69.8 Å². The van der Waals surface area contributed by atoms with E-state index < -0.39 is 23.2 Å². The summed E-state index contributed by atoms with van der Waals surface area (Å²) >= 11 is 0. The molecule has 0 aromatic carbocycles. The van der Waals surface area contributed by atoms with E-state index in [1.807, 2.05) is 6.92 Å². The number of ether oxygens (including phenoxy) is 2. The Kier molecular flexibility index (Phi) is 8.53. The molecule has 7 unspecified atom stereocenters. The summed E-state index contributed by atoms with van der Waals surface area (Å²) in [6, 6.07) is 0. The van der Waals surface area contributed by atoms with Gasteiger partial charge in [0.2, 0.25) is 0 Å². The van der Waals surface area contributed by atoms with E-state index in [9.17, 15) is 24.9 Å². The first-order valence-electron chi connectivity index (χ1n) is 15.7. The van der Waals surface area contributed by atoms with Crippen LogP contribution in [0.2, 0.25) is 0 Å². The maximum atomic E-state index is 13.5. The van der Waals surface area contributed by atoms with Crippen molar-refractivity contribution >= 4 is 11.9 Å².